The molecule has 0 aliphatic heterocycles. The van der Waals surface area contributed by atoms with E-state index in [-0.39, 0.29) is 12.6 Å². The van der Waals surface area contributed by atoms with Crippen molar-refractivity contribution in [2.45, 2.75) is 13.8 Å². The summed E-state index contributed by atoms with van der Waals surface area (Å²) in [7, 11) is 0. The molecule has 0 radical (unpaired) electrons. The first-order chi connectivity index (χ1) is 10.2. The van der Waals surface area contributed by atoms with Gasteiger partial charge in [-0.2, -0.15) is 15.0 Å². The maximum atomic E-state index is 8.85. The second-order valence-corrected chi connectivity index (χ2v) is 4.34. The van der Waals surface area contributed by atoms with Crippen molar-refractivity contribution in [1.29, 1.82) is 0 Å². The molecule has 2 rings (SSSR count). The summed E-state index contributed by atoms with van der Waals surface area (Å²) in [5.74, 6) is 0.745. The van der Waals surface area contributed by atoms with Crippen LogP contribution >= 0.6 is 0 Å². The van der Waals surface area contributed by atoms with Gasteiger partial charge >= 0.3 is 6.01 Å². The predicted octanol–water partition coefficient (Wildman–Crippen LogP) is 1.73. The van der Waals surface area contributed by atoms with Crippen LogP contribution < -0.4 is 15.4 Å². The maximum absolute atomic E-state index is 8.85. The lowest BCUT2D eigenvalue weighted by atomic mass is 10.2. The van der Waals surface area contributed by atoms with Crippen LogP contribution in [0.5, 0.6) is 6.01 Å². The molecule has 0 saturated carbocycles. The Kier molecular flexibility index (Phi) is 5.28. The van der Waals surface area contributed by atoms with Crippen LogP contribution in [-0.2, 0) is 0 Å². The summed E-state index contributed by atoms with van der Waals surface area (Å²) in [4.78, 5) is 12.5. The Morgan fingerprint density at radius 3 is 2.48 bits per heavy atom. The van der Waals surface area contributed by atoms with E-state index in [0.717, 1.165) is 5.69 Å². The zero-order chi connectivity index (χ0) is 15.1. The smallest absolute Gasteiger partial charge is 0.323 e. The molecule has 0 atom stereocenters. The monoisotopic (exact) mass is 289 g/mol. The molecule has 7 heteroatoms. The molecule has 3 N–H and O–H groups in total. The third-order valence-corrected chi connectivity index (χ3v) is 2.59. The highest BCUT2D eigenvalue weighted by Gasteiger charge is 2.07. The number of benzene rings is 1. The van der Waals surface area contributed by atoms with Crippen LogP contribution in [0.2, 0.25) is 0 Å². The molecular weight excluding hydrogens is 270 g/mol. The molecule has 0 saturated heterocycles. The molecule has 112 valence electrons. The number of aliphatic hydroxyl groups excluding tert-OH is 1. The van der Waals surface area contributed by atoms with E-state index in [4.69, 9.17) is 9.84 Å². The standard InChI is InChI=1S/C14H19N5O2/c1-3-21-14-18-12(15-8-9-20)17-13(19-14)16-11-6-4-10(2)5-7-11/h4-7,20H,3,8-9H2,1-2H3,(H2,15,16,17,18,19). The van der Waals surface area contributed by atoms with Crippen molar-refractivity contribution in [3.8, 4) is 6.01 Å². The van der Waals surface area contributed by atoms with E-state index in [2.05, 4.69) is 25.6 Å². The second kappa shape index (κ2) is 7.39. The number of hydrogen-bond acceptors (Lipinski definition) is 7. The van der Waals surface area contributed by atoms with Gasteiger partial charge in [0.1, 0.15) is 0 Å². The molecule has 0 bridgehead atoms. The number of hydrogen-bond donors (Lipinski definition) is 3. The summed E-state index contributed by atoms with van der Waals surface area (Å²) in [6.45, 7) is 4.71. The fourth-order valence-corrected chi connectivity index (χ4v) is 1.62. The van der Waals surface area contributed by atoms with Gasteiger partial charge in [-0.25, -0.2) is 0 Å². The van der Waals surface area contributed by atoms with E-state index in [1.165, 1.54) is 5.56 Å². The molecule has 0 spiro atoms. The summed E-state index contributed by atoms with van der Waals surface area (Å²) in [5.41, 5.74) is 2.05. The lowest BCUT2D eigenvalue weighted by Gasteiger charge is -2.09. The topological polar surface area (TPSA) is 92.2 Å². The van der Waals surface area contributed by atoms with Crippen LogP contribution in [-0.4, -0.2) is 39.8 Å². The van der Waals surface area contributed by atoms with Gasteiger partial charge in [-0.05, 0) is 26.0 Å². The van der Waals surface area contributed by atoms with Crippen molar-refractivity contribution in [2.75, 3.05) is 30.4 Å². The number of nitrogens with zero attached hydrogens (tertiary/aromatic N) is 3. The molecule has 0 aliphatic carbocycles. The van der Waals surface area contributed by atoms with Crippen LogP contribution in [0.3, 0.4) is 0 Å². The lowest BCUT2D eigenvalue weighted by molar-refractivity contribution is 0.307. The van der Waals surface area contributed by atoms with Crippen LogP contribution in [0.25, 0.3) is 0 Å². The zero-order valence-corrected chi connectivity index (χ0v) is 12.1. The second-order valence-electron chi connectivity index (χ2n) is 4.34. The van der Waals surface area contributed by atoms with Gasteiger partial charge in [-0.3, -0.25) is 0 Å². The summed E-state index contributed by atoms with van der Waals surface area (Å²) >= 11 is 0. The molecular formula is C14H19N5O2. The first-order valence-corrected chi connectivity index (χ1v) is 6.78. The Balaban J connectivity index is 2.19. The predicted molar refractivity (Wildman–Crippen MR) is 81.0 cm³/mol. The minimum atomic E-state index is -0.00360. The SMILES string of the molecule is CCOc1nc(NCCO)nc(Nc2ccc(C)cc2)n1. The van der Waals surface area contributed by atoms with Crippen molar-refractivity contribution >= 4 is 17.6 Å². The van der Waals surface area contributed by atoms with Crippen LogP contribution in [0.1, 0.15) is 12.5 Å². The summed E-state index contributed by atoms with van der Waals surface area (Å²) in [6.07, 6.45) is 0. The van der Waals surface area contributed by atoms with Gasteiger partial charge in [0.15, 0.2) is 0 Å². The number of anilines is 3. The van der Waals surface area contributed by atoms with Crippen molar-refractivity contribution in [3.63, 3.8) is 0 Å². The van der Waals surface area contributed by atoms with E-state index in [1.807, 2.05) is 38.1 Å². The van der Waals surface area contributed by atoms with E-state index < -0.39 is 0 Å². The van der Waals surface area contributed by atoms with E-state index in [9.17, 15) is 0 Å². The molecule has 21 heavy (non-hydrogen) atoms. The molecule has 1 heterocycles. The average molecular weight is 289 g/mol. The first-order valence-electron chi connectivity index (χ1n) is 6.78. The normalized spacial score (nSPS) is 10.2. The van der Waals surface area contributed by atoms with Crippen LogP contribution in [0, 0.1) is 6.92 Å². The van der Waals surface area contributed by atoms with Gasteiger partial charge in [0.25, 0.3) is 0 Å². The van der Waals surface area contributed by atoms with Gasteiger partial charge in [-0.15, -0.1) is 0 Å². The third kappa shape index (κ3) is 4.57. The fraction of sp³-hybridized carbons (Fsp3) is 0.357. The van der Waals surface area contributed by atoms with Crippen LogP contribution in [0.4, 0.5) is 17.6 Å². The van der Waals surface area contributed by atoms with Crippen molar-refractivity contribution in [1.82, 2.24) is 15.0 Å². The van der Waals surface area contributed by atoms with Gasteiger partial charge in [0, 0.05) is 12.2 Å². The number of aromatic nitrogens is 3. The molecule has 0 unspecified atom stereocenters. The largest absolute Gasteiger partial charge is 0.464 e. The van der Waals surface area contributed by atoms with Gasteiger partial charge in [-0.1, -0.05) is 17.7 Å². The first kappa shape index (κ1) is 15.0. The molecule has 2 aromatic rings. The minimum absolute atomic E-state index is 0.00360. The van der Waals surface area contributed by atoms with Gasteiger partial charge in [0.05, 0.1) is 13.2 Å². The Morgan fingerprint density at radius 1 is 1.10 bits per heavy atom. The summed E-state index contributed by atoms with van der Waals surface area (Å²) in [5, 5.41) is 14.8. The van der Waals surface area contributed by atoms with E-state index in [0.29, 0.717) is 25.0 Å². The Labute approximate surface area is 123 Å². The number of rotatable bonds is 7. The quantitative estimate of drug-likeness (QED) is 0.714. The average Bonchev–Trinajstić information content (AvgIpc) is 2.48. The highest BCUT2D eigenvalue weighted by Crippen LogP contribution is 2.17. The Hall–Kier alpha value is -2.41. The fourth-order valence-electron chi connectivity index (χ4n) is 1.62. The van der Waals surface area contributed by atoms with Gasteiger partial charge < -0.3 is 20.5 Å². The van der Waals surface area contributed by atoms with Crippen molar-refractivity contribution in [2.24, 2.45) is 0 Å². The molecule has 7 nitrogen and oxygen atoms in total. The third-order valence-electron chi connectivity index (χ3n) is 2.59. The minimum Gasteiger partial charge on any atom is -0.464 e. The number of ether oxygens (including phenoxy) is 1. The zero-order valence-electron chi connectivity index (χ0n) is 12.1. The highest BCUT2D eigenvalue weighted by atomic mass is 16.5. The van der Waals surface area contributed by atoms with E-state index in [1.54, 1.807) is 0 Å². The number of aliphatic hydroxyl groups is 1. The molecule has 0 amide bonds. The number of nitrogens with one attached hydrogen (secondary N) is 2. The summed E-state index contributed by atoms with van der Waals surface area (Å²) < 4.78 is 5.32. The van der Waals surface area contributed by atoms with Crippen molar-refractivity contribution in [3.05, 3.63) is 29.8 Å². The Morgan fingerprint density at radius 2 is 1.81 bits per heavy atom. The lowest BCUT2D eigenvalue weighted by Crippen LogP contribution is -2.12. The van der Waals surface area contributed by atoms with Crippen molar-refractivity contribution < 1.29 is 9.84 Å². The molecule has 0 fully saturated rings. The van der Waals surface area contributed by atoms with E-state index >= 15 is 0 Å². The maximum Gasteiger partial charge on any atom is 0.323 e. The van der Waals surface area contributed by atoms with Crippen LogP contribution in [0.15, 0.2) is 24.3 Å². The highest BCUT2D eigenvalue weighted by molar-refractivity contribution is 5.54. The molecule has 1 aromatic heterocycles. The Bertz CT molecular complexity index is 574. The molecule has 0 aliphatic rings. The summed E-state index contributed by atoms with van der Waals surface area (Å²) in [6, 6.07) is 8.12. The van der Waals surface area contributed by atoms with Gasteiger partial charge in [0.2, 0.25) is 11.9 Å². The number of aryl methyl sites for hydroxylation is 1. The molecule has 1 aromatic carbocycles.